The third-order valence-electron chi connectivity index (χ3n) is 4.26. The number of likely N-dealkylation sites (N-methyl/N-ethyl adjacent to an activating group) is 1. The van der Waals surface area contributed by atoms with E-state index in [2.05, 4.69) is 22.0 Å². The molecular weight excluding hydrogens is 282 g/mol. The molecule has 0 unspecified atom stereocenters. The van der Waals surface area contributed by atoms with E-state index >= 15 is 0 Å². The van der Waals surface area contributed by atoms with Gasteiger partial charge in [-0.3, -0.25) is 0 Å². The van der Waals surface area contributed by atoms with Gasteiger partial charge in [0.25, 0.3) is 0 Å². The van der Waals surface area contributed by atoms with E-state index in [-0.39, 0.29) is 0 Å². The van der Waals surface area contributed by atoms with Crippen LogP contribution >= 0.6 is 0 Å². The van der Waals surface area contributed by atoms with Gasteiger partial charge in [-0.2, -0.15) is 0 Å². The number of ether oxygens (including phenoxy) is 2. The van der Waals surface area contributed by atoms with Gasteiger partial charge in [0.15, 0.2) is 11.5 Å². The predicted octanol–water partition coefficient (Wildman–Crippen LogP) is 1.27. The fourth-order valence-electron chi connectivity index (χ4n) is 2.81. The van der Waals surface area contributed by atoms with E-state index in [1.807, 2.05) is 18.2 Å². The molecule has 0 atom stereocenters. The molecular formula is C16H23N3O3. The SMILES string of the molecule is CN1CCN(CCC(=NO)c2ccc3c(c2)OCCO3)CC1. The van der Waals surface area contributed by atoms with E-state index < -0.39 is 0 Å². The molecule has 6 nitrogen and oxygen atoms in total. The van der Waals surface area contributed by atoms with Gasteiger partial charge < -0.3 is 24.5 Å². The fraction of sp³-hybridized carbons (Fsp3) is 0.562. The lowest BCUT2D eigenvalue weighted by Gasteiger charge is -2.32. The van der Waals surface area contributed by atoms with Gasteiger partial charge >= 0.3 is 0 Å². The molecule has 0 aliphatic carbocycles. The summed E-state index contributed by atoms with van der Waals surface area (Å²) in [6.07, 6.45) is 0.722. The predicted molar refractivity (Wildman–Crippen MR) is 84.3 cm³/mol. The number of oxime groups is 1. The van der Waals surface area contributed by atoms with Crippen molar-refractivity contribution in [3.63, 3.8) is 0 Å². The average Bonchev–Trinajstić information content (AvgIpc) is 2.57. The molecule has 0 amide bonds. The van der Waals surface area contributed by atoms with Crippen LogP contribution in [0, 0.1) is 0 Å². The Morgan fingerprint density at radius 3 is 2.59 bits per heavy atom. The highest BCUT2D eigenvalue weighted by molar-refractivity contribution is 6.00. The molecule has 6 heteroatoms. The van der Waals surface area contributed by atoms with Gasteiger partial charge in [-0.25, -0.2) is 0 Å². The number of piperazine rings is 1. The first-order chi connectivity index (χ1) is 10.8. The first kappa shape index (κ1) is 15.1. The summed E-state index contributed by atoms with van der Waals surface area (Å²) >= 11 is 0. The minimum absolute atomic E-state index is 0.559. The lowest BCUT2D eigenvalue weighted by atomic mass is 10.1. The quantitative estimate of drug-likeness (QED) is 0.516. The number of benzene rings is 1. The Kier molecular flexibility index (Phi) is 4.80. The maximum atomic E-state index is 9.34. The molecule has 0 saturated carbocycles. The molecule has 2 heterocycles. The first-order valence-corrected chi connectivity index (χ1v) is 7.78. The van der Waals surface area contributed by atoms with Crippen LogP contribution in [0.5, 0.6) is 11.5 Å². The van der Waals surface area contributed by atoms with Crippen molar-refractivity contribution in [2.24, 2.45) is 5.16 Å². The molecule has 1 aromatic carbocycles. The third kappa shape index (κ3) is 3.51. The van der Waals surface area contributed by atoms with E-state index in [1.165, 1.54) is 0 Å². The topological polar surface area (TPSA) is 57.5 Å². The highest BCUT2D eigenvalue weighted by Crippen LogP contribution is 2.31. The minimum Gasteiger partial charge on any atom is -0.486 e. The molecule has 1 aromatic rings. The van der Waals surface area contributed by atoms with E-state index in [0.717, 1.165) is 56.2 Å². The third-order valence-corrected chi connectivity index (χ3v) is 4.26. The Balaban J connectivity index is 1.62. The second kappa shape index (κ2) is 6.98. The molecule has 2 aliphatic rings. The van der Waals surface area contributed by atoms with E-state index in [1.54, 1.807) is 0 Å². The molecule has 1 fully saturated rings. The second-order valence-corrected chi connectivity index (χ2v) is 5.80. The Bertz CT molecular complexity index is 539. The molecule has 0 bridgehead atoms. The normalized spacial score (nSPS) is 20.1. The molecule has 0 spiro atoms. The molecule has 22 heavy (non-hydrogen) atoms. The van der Waals surface area contributed by atoms with E-state index in [4.69, 9.17) is 9.47 Å². The van der Waals surface area contributed by atoms with Crippen LogP contribution in [-0.2, 0) is 0 Å². The summed E-state index contributed by atoms with van der Waals surface area (Å²) < 4.78 is 11.1. The van der Waals surface area contributed by atoms with Gasteiger partial charge in [-0.15, -0.1) is 0 Å². The van der Waals surface area contributed by atoms with Crippen LogP contribution in [0.2, 0.25) is 0 Å². The van der Waals surface area contributed by atoms with Crippen LogP contribution in [-0.4, -0.2) is 73.7 Å². The van der Waals surface area contributed by atoms with Crippen molar-refractivity contribution in [2.75, 3.05) is 53.0 Å². The van der Waals surface area contributed by atoms with Crippen molar-refractivity contribution < 1.29 is 14.7 Å². The Labute approximate surface area is 130 Å². The lowest BCUT2D eigenvalue weighted by Crippen LogP contribution is -2.45. The van der Waals surface area contributed by atoms with Crippen molar-refractivity contribution in [3.05, 3.63) is 23.8 Å². The second-order valence-electron chi connectivity index (χ2n) is 5.80. The lowest BCUT2D eigenvalue weighted by molar-refractivity contribution is 0.157. The standard InChI is InChI=1S/C16H23N3O3/c1-18-6-8-19(9-7-18)5-4-14(17-20)13-2-3-15-16(12-13)22-11-10-21-15/h2-3,12,20H,4-11H2,1H3. The maximum Gasteiger partial charge on any atom is 0.162 e. The maximum absolute atomic E-state index is 9.34. The van der Waals surface area contributed by atoms with Crippen LogP contribution in [0.25, 0.3) is 0 Å². The summed E-state index contributed by atoms with van der Waals surface area (Å²) in [6, 6.07) is 5.70. The number of hydrogen-bond donors (Lipinski definition) is 1. The number of rotatable bonds is 4. The molecule has 1 N–H and O–H groups in total. The van der Waals surface area contributed by atoms with E-state index in [0.29, 0.717) is 18.9 Å². The zero-order valence-electron chi connectivity index (χ0n) is 13.0. The van der Waals surface area contributed by atoms with Gasteiger partial charge in [0.2, 0.25) is 0 Å². The smallest absolute Gasteiger partial charge is 0.162 e. The van der Waals surface area contributed by atoms with Crippen LogP contribution in [0.3, 0.4) is 0 Å². The van der Waals surface area contributed by atoms with Crippen LogP contribution in [0.4, 0.5) is 0 Å². The molecule has 3 rings (SSSR count). The summed E-state index contributed by atoms with van der Waals surface area (Å²) in [5, 5.41) is 12.8. The highest BCUT2D eigenvalue weighted by Gasteiger charge is 2.17. The van der Waals surface area contributed by atoms with Crippen molar-refractivity contribution in [1.29, 1.82) is 0 Å². The summed E-state index contributed by atoms with van der Waals surface area (Å²) in [4.78, 5) is 4.74. The summed E-state index contributed by atoms with van der Waals surface area (Å²) in [5.74, 6) is 1.48. The van der Waals surface area contributed by atoms with Crippen LogP contribution < -0.4 is 9.47 Å². The van der Waals surface area contributed by atoms with Gasteiger partial charge in [-0.1, -0.05) is 5.16 Å². The van der Waals surface area contributed by atoms with Gasteiger partial charge in [0, 0.05) is 44.7 Å². The zero-order valence-corrected chi connectivity index (χ0v) is 13.0. The highest BCUT2D eigenvalue weighted by atomic mass is 16.6. The van der Waals surface area contributed by atoms with Crippen molar-refractivity contribution in [3.8, 4) is 11.5 Å². The van der Waals surface area contributed by atoms with Crippen molar-refractivity contribution in [1.82, 2.24) is 9.80 Å². The molecule has 120 valence electrons. The van der Waals surface area contributed by atoms with Crippen LogP contribution in [0.15, 0.2) is 23.4 Å². The molecule has 0 aromatic heterocycles. The average molecular weight is 305 g/mol. The first-order valence-electron chi connectivity index (χ1n) is 7.78. The van der Waals surface area contributed by atoms with Gasteiger partial charge in [-0.05, 0) is 25.2 Å². The minimum atomic E-state index is 0.559. The number of hydrogen-bond acceptors (Lipinski definition) is 6. The molecule has 1 saturated heterocycles. The monoisotopic (exact) mass is 305 g/mol. The molecule has 2 aliphatic heterocycles. The fourth-order valence-corrected chi connectivity index (χ4v) is 2.81. The van der Waals surface area contributed by atoms with E-state index in [9.17, 15) is 5.21 Å². The van der Waals surface area contributed by atoms with Gasteiger partial charge in [0.05, 0.1) is 5.71 Å². The largest absolute Gasteiger partial charge is 0.486 e. The van der Waals surface area contributed by atoms with Crippen LogP contribution in [0.1, 0.15) is 12.0 Å². The Morgan fingerprint density at radius 1 is 1.14 bits per heavy atom. The number of nitrogens with zero attached hydrogens (tertiary/aromatic N) is 3. The summed E-state index contributed by atoms with van der Waals surface area (Å²) in [7, 11) is 2.15. The zero-order chi connectivity index (χ0) is 15.4. The molecule has 0 radical (unpaired) electrons. The Morgan fingerprint density at radius 2 is 1.86 bits per heavy atom. The van der Waals surface area contributed by atoms with Crippen molar-refractivity contribution in [2.45, 2.75) is 6.42 Å². The van der Waals surface area contributed by atoms with Crippen molar-refractivity contribution >= 4 is 5.71 Å². The van der Waals surface area contributed by atoms with Gasteiger partial charge in [0.1, 0.15) is 13.2 Å². The summed E-state index contributed by atoms with van der Waals surface area (Å²) in [5.41, 5.74) is 1.58. The Hall–Kier alpha value is -1.79. The number of fused-ring (bicyclic) bond motifs is 1. The summed E-state index contributed by atoms with van der Waals surface area (Å²) in [6.45, 7) is 6.36.